The van der Waals surface area contributed by atoms with Crippen LogP contribution in [0.1, 0.15) is 48.5 Å². The van der Waals surface area contributed by atoms with E-state index in [1.54, 1.807) is 24.3 Å². The highest BCUT2D eigenvalue weighted by Crippen LogP contribution is 2.30. The van der Waals surface area contributed by atoms with Gasteiger partial charge in [-0.05, 0) is 67.1 Å². The third kappa shape index (κ3) is 8.20. The predicted molar refractivity (Wildman–Crippen MR) is 151 cm³/mol. The number of unbranched alkanes of at least 4 members (excludes halogenated alkanes) is 1. The monoisotopic (exact) mass is 514 g/mol. The number of carbonyl (C=O) groups excluding carboxylic acids is 1. The Bertz CT molecular complexity index is 1120. The van der Waals surface area contributed by atoms with Crippen molar-refractivity contribution < 1.29 is 19.4 Å². The largest absolute Gasteiger partial charge is 0.504 e. The maximum Gasteiger partial charge on any atom is 0.243 e. The molecule has 0 aliphatic carbocycles. The smallest absolute Gasteiger partial charge is 0.243 e. The zero-order valence-electron chi connectivity index (χ0n) is 22.1. The number of piperidine rings is 1. The second-order valence-electron chi connectivity index (χ2n) is 9.64. The quantitative estimate of drug-likeness (QED) is 0.244. The molecule has 4 rings (SSSR count). The predicted octanol–water partition coefficient (Wildman–Crippen LogP) is 5.58. The summed E-state index contributed by atoms with van der Waals surface area (Å²) in [5, 5.41) is 12.6. The van der Waals surface area contributed by atoms with Crippen LogP contribution in [0.25, 0.3) is 6.08 Å². The molecule has 3 aromatic carbocycles. The zero-order chi connectivity index (χ0) is 26.6. The number of phenols is 1. The van der Waals surface area contributed by atoms with Gasteiger partial charge in [0.15, 0.2) is 11.5 Å². The van der Waals surface area contributed by atoms with Crippen molar-refractivity contribution in [2.75, 3.05) is 33.3 Å². The summed E-state index contributed by atoms with van der Waals surface area (Å²) in [6.07, 6.45) is 7.46. The van der Waals surface area contributed by atoms with E-state index in [1.165, 1.54) is 24.3 Å². The molecule has 0 atom stereocenters. The van der Waals surface area contributed by atoms with E-state index in [9.17, 15) is 9.90 Å². The Hall–Kier alpha value is -3.61. The maximum absolute atomic E-state index is 12.1. The van der Waals surface area contributed by atoms with Crippen LogP contribution in [0.5, 0.6) is 11.5 Å². The summed E-state index contributed by atoms with van der Waals surface area (Å²) in [4.78, 5) is 14.6. The minimum Gasteiger partial charge on any atom is -0.504 e. The number of carbonyl (C=O) groups is 1. The number of nitrogens with one attached hydrogen (secondary N) is 1. The van der Waals surface area contributed by atoms with Crippen LogP contribution >= 0.6 is 0 Å². The van der Waals surface area contributed by atoms with E-state index in [0.29, 0.717) is 12.3 Å². The molecule has 2 N–H and O–H groups in total. The number of benzene rings is 3. The number of hydrogen-bond donors (Lipinski definition) is 2. The molecule has 3 aromatic rings. The van der Waals surface area contributed by atoms with Crippen molar-refractivity contribution in [1.82, 2.24) is 10.2 Å². The molecule has 1 heterocycles. The van der Waals surface area contributed by atoms with Crippen LogP contribution in [0.4, 0.5) is 0 Å². The van der Waals surface area contributed by atoms with Crippen molar-refractivity contribution in [3.05, 3.63) is 102 Å². The highest BCUT2D eigenvalue weighted by molar-refractivity contribution is 5.91. The molecule has 0 unspecified atom stereocenters. The van der Waals surface area contributed by atoms with Gasteiger partial charge in [-0.3, -0.25) is 4.79 Å². The van der Waals surface area contributed by atoms with E-state index < -0.39 is 0 Å². The molecule has 6 heteroatoms. The average Bonchev–Trinajstić information content (AvgIpc) is 2.97. The molecular weight excluding hydrogens is 476 g/mol. The summed E-state index contributed by atoms with van der Waals surface area (Å²) in [7, 11) is 1.50. The van der Waals surface area contributed by atoms with E-state index >= 15 is 0 Å². The Morgan fingerprint density at radius 2 is 1.66 bits per heavy atom. The second-order valence-corrected chi connectivity index (χ2v) is 9.64. The Morgan fingerprint density at radius 1 is 1.00 bits per heavy atom. The van der Waals surface area contributed by atoms with Crippen LogP contribution in [0.2, 0.25) is 0 Å². The van der Waals surface area contributed by atoms with Crippen molar-refractivity contribution in [2.45, 2.75) is 37.9 Å². The SMILES string of the molecule is COc1cc(C=CC(=O)NCCCCN2CCC(OC(c3ccccc3)c3ccccc3)CC2)ccc1O. The van der Waals surface area contributed by atoms with E-state index in [2.05, 4.69) is 58.7 Å². The fourth-order valence-electron chi connectivity index (χ4n) is 4.77. The van der Waals surface area contributed by atoms with E-state index in [-0.39, 0.29) is 23.9 Å². The molecule has 0 radical (unpaired) electrons. The van der Waals surface area contributed by atoms with Crippen LogP contribution < -0.4 is 10.1 Å². The van der Waals surface area contributed by atoms with Crippen LogP contribution in [0.15, 0.2) is 84.9 Å². The van der Waals surface area contributed by atoms with Crippen LogP contribution in [-0.2, 0) is 9.53 Å². The van der Waals surface area contributed by atoms with Crippen LogP contribution in [-0.4, -0.2) is 55.3 Å². The van der Waals surface area contributed by atoms with Gasteiger partial charge in [0.2, 0.25) is 5.91 Å². The average molecular weight is 515 g/mol. The molecule has 0 saturated carbocycles. The normalized spacial score (nSPS) is 14.7. The van der Waals surface area contributed by atoms with Gasteiger partial charge in [-0.25, -0.2) is 0 Å². The zero-order valence-corrected chi connectivity index (χ0v) is 22.1. The Kier molecular flexibility index (Phi) is 10.4. The Labute approximate surface area is 225 Å². The highest BCUT2D eigenvalue weighted by atomic mass is 16.5. The van der Waals surface area contributed by atoms with Crippen molar-refractivity contribution in [2.24, 2.45) is 0 Å². The summed E-state index contributed by atoms with van der Waals surface area (Å²) in [5.41, 5.74) is 3.18. The second kappa shape index (κ2) is 14.4. The summed E-state index contributed by atoms with van der Waals surface area (Å²) >= 11 is 0. The van der Waals surface area contributed by atoms with Gasteiger partial charge in [-0.1, -0.05) is 66.7 Å². The lowest BCUT2D eigenvalue weighted by atomic mass is 10.00. The summed E-state index contributed by atoms with van der Waals surface area (Å²) < 4.78 is 11.8. The standard InChI is InChI=1S/C32H38N2O4/c1-37-30-24-25(14-16-29(30)35)15-17-31(36)33-20-8-9-21-34-22-18-28(19-23-34)38-32(26-10-4-2-5-11-26)27-12-6-3-7-13-27/h2-7,10-17,24,28,32,35H,8-9,18-23H2,1H3,(H,33,36). The van der Waals surface area contributed by atoms with Gasteiger partial charge in [0.05, 0.1) is 13.2 Å². The molecule has 1 aliphatic heterocycles. The van der Waals surface area contributed by atoms with Crippen LogP contribution in [0.3, 0.4) is 0 Å². The minimum atomic E-state index is -0.124. The molecule has 0 aromatic heterocycles. The van der Waals surface area contributed by atoms with Gasteiger partial charge in [0.1, 0.15) is 6.10 Å². The number of hydrogen-bond acceptors (Lipinski definition) is 5. The molecule has 1 saturated heterocycles. The number of methoxy groups -OCH3 is 1. The lowest BCUT2D eigenvalue weighted by Crippen LogP contribution is -2.38. The first-order valence-electron chi connectivity index (χ1n) is 13.4. The number of aromatic hydroxyl groups is 1. The third-order valence-corrected chi connectivity index (χ3v) is 6.90. The lowest BCUT2D eigenvalue weighted by molar-refractivity contribution is -0.116. The summed E-state index contributed by atoms with van der Waals surface area (Å²) in [6, 6.07) is 25.9. The molecule has 38 heavy (non-hydrogen) atoms. The number of phenolic OH excluding ortho intramolecular Hbond substituents is 1. The Morgan fingerprint density at radius 3 is 2.29 bits per heavy atom. The molecule has 0 bridgehead atoms. The van der Waals surface area contributed by atoms with Crippen molar-refractivity contribution in [3.63, 3.8) is 0 Å². The van der Waals surface area contributed by atoms with Crippen molar-refractivity contribution in [1.29, 1.82) is 0 Å². The number of ether oxygens (including phenoxy) is 2. The molecule has 6 nitrogen and oxygen atoms in total. The number of amides is 1. The highest BCUT2D eigenvalue weighted by Gasteiger charge is 2.24. The van der Waals surface area contributed by atoms with Gasteiger partial charge in [-0.15, -0.1) is 0 Å². The molecule has 0 spiro atoms. The molecule has 1 aliphatic rings. The van der Waals surface area contributed by atoms with E-state index in [1.807, 2.05) is 12.1 Å². The Balaban J connectivity index is 1.14. The van der Waals surface area contributed by atoms with Gasteiger partial charge in [0, 0.05) is 25.7 Å². The lowest BCUT2D eigenvalue weighted by Gasteiger charge is -2.34. The van der Waals surface area contributed by atoms with E-state index in [0.717, 1.165) is 50.9 Å². The van der Waals surface area contributed by atoms with Gasteiger partial charge >= 0.3 is 0 Å². The van der Waals surface area contributed by atoms with Crippen molar-refractivity contribution >= 4 is 12.0 Å². The first-order valence-corrected chi connectivity index (χ1v) is 13.4. The van der Waals surface area contributed by atoms with Crippen LogP contribution in [0, 0.1) is 0 Å². The van der Waals surface area contributed by atoms with Gasteiger partial charge in [0.25, 0.3) is 0 Å². The maximum atomic E-state index is 12.1. The fourth-order valence-corrected chi connectivity index (χ4v) is 4.77. The minimum absolute atomic E-state index is 0.0392. The molecule has 1 fully saturated rings. The number of rotatable bonds is 12. The van der Waals surface area contributed by atoms with Gasteiger partial charge < -0.3 is 24.8 Å². The number of nitrogens with zero attached hydrogens (tertiary/aromatic N) is 1. The summed E-state index contributed by atoms with van der Waals surface area (Å²) in [5.74, 6) is 0.339. The topological polar surface area (TPSA) is 71.0 Å². The molecule has 200 valence electrons. The van der Waals surface area contributed by atoms with Crippen molar-refractivity contribution in [3.8, 4) is 11.5 Å². The van der Waals surface area contributed by atoms with Gasteiger partial charge in [-0.2, -0.15) is 0 Å². The first-order chi connectivity index (χ1) is 18.6. The molecular formula is C32H38N2O4. The molecule has 1 amide bonds. The van der Waals surface area contributed by atoms with E-state index in [4.69, 9.17) is 9.47 Å². The third-order valence-electron chi connectivity index (χ3n) is 6.90. The number of likely N-dealkylation sites (tertiary alicyclic amines) is 1. The first kappa shape index (κ1) is 27.4. The summed E-state index contributed by atoms with van der Waals surface area (Å²) in [6.45, 7) is 3.75. The fraction of sp³-hybridized carbons (Fsp3) is 0.344.